The van der Waals surface area contributed by atoms with Crippen molar-refractivity contribution < 1.29 is 19.7 Å². The van der Waals surface area contributed by atoms with Gasteiger partial charge < -0.3 is 14.9 Å². The fourth-order valence-electron chi connectivity index (χ4n) is 4.06. The van der Waals surface area contributed by atoms with E-state index < -0.39 is 12.2 Å². The van der Waals surface area contributed by atoms with E-state index in [1.54, 1.807) is 0 Å². The van der Waals surface area contributed by atoms with Crippen molar-refractivity contribution in [1.29, 1.82) is 0 Å². The summed E-state index contributed by atoms with van der Waals surface area (Å²) in [6, 6.07) is 0. The molecule has 1 saturated heterocycles. The SMILES string of the molecule is C=C1C(=O)O[C@H]2C[C@]3(C)[C@H](C[C@H]12)C(=C)[C@H](O)C[C@@H]3O. The number of carbonyl (C=O) groups is 1. The van der Waals surface area contributed by atoms with Gasteiger partial charge in [0.1, 0.15) is 6.10 Å². The zero-order chi connectivity index (χ0) is 13.9. The van der Waals surface area contributed by atoms with Crippen molar-refractivity contribution in [2.24, 2.45) is 17.3 Å². The third-order valence-electron chi connectivity index (χ3n) is 5.43. The molecule has 19 heavy (non-hydrogen) atoms. The van der Waals surface area contributed by atoms with Crippen LogP contribution in [0.4, 0.5) is 0 Å². The van der Waals surface area contributed by atoms with Gasteiger partial charge in [-0.15, -0.1) is 0 Å². The molecular formula is C15H20O4. The van der Waals surface area contributed by atoms with Crippen LogP contribution >= 0.6 is 0 Å². The first-order valence-electron chi connectivity index (χ1n) is 6.79. The highest BCUT2D eigenvalue weighted by Gasteiger charge is 2.57. The van der Waals surface area contributed by atoms with Crippen LogP contribution in [0.2, 0.25) is 0 Å². The van der Waals surface area contributed by atoms with E-state index in [0.717, 1.165) is 5.57 Å². The highest BCUT2D eigenvalue weighted by Crippen LogP contribution is 2.56. The normalized spacial score (nSPS) is 49.6. The van der Waals surface area contributed by atoms with Gasteiger partial charge in [0.2, 0.25) is 0 Å². The lowest BCUT2D eigenvalue weighted by atomic mass is 9.54. The summed E-state index contributed by atoms with van der Waals surface area (Å²) in [5.41, 5.74) is 0.926. The van der Waals surface area contributed by atoms with E-state index >= 15 is 0 Å². The Morgan fingerprint density at radius 3 is 2.68 bits per heavy atom. The molecule has 1 heterocycles. The minimum Gasteiger partial charge on any atom is -0.458 e. The van der Waals surface area contributed by atoms with Crippen molar-refractivity contribution in [2.45, 2.75) is 44.5 Å². The maximum Gasteiger partial charge on any atom is 0.334 e. The van der Waals surface area contributed by atoms with Gasteiger partial charge in [0.15, 0.2) is 0 Å². The van der Waals surface area contributed by atoms with Crippen LogP contribution in [0.3, 0.4) is 0 Å². The molecule has 4 nitrogen and oxygen atoms in total. The zero-order valence-corrected chi connectivity index (χ0v) is 11.1. The molecule has 4 heteroatoms. The number of hydrogen-bond donors (Lipinski definition) is 2. The second-order valence-electron chi connectivity index (χ2n) is 6.42. The maximum absolute atomic E-state index is 11.6. The van der Waals surface area contributed by atoms with Crippen molar-refractivity contribution in [3.63, 3.8) is 0 Å². The molecule has 104 valence electrons. The topological polar surface area (TPSA) is 66.8 Å². The van der Waals surface area contributed by atoms with Crippen molar-refractivity contribution in [1.82, 2.24) is 0 Å². The summed E-state index contributed by atoms with van der Waals surface area (Å²) >= 11 is 0. The molecule has 1 aliphatic heterocycles. The second kappa shape index (κ2) is 3.93. The Morgan fingerprint density at radius 1 is 1.32 bits per heavy atom. The van der Waals surface area contributed by atoms with E-state index in [1.807, 2.05) is 6.92 Å². The monoisotopic (exact) mass is 264 g/mol. The summed E-state index contributed by atoms with van der Waals surface area (Å²) in [5, 5.41) is 20.3. The lowest BCUT2D eigenvalue weighted by molar-refractivity contribution is -0.148. The van der Waals surface area contributed by atoms with Gasteiger partial charge in [-0.25, -0.2) is 4.79 Å². The Labute approximate surface area is 112 Å². The van der Waals surface area contributed by atoms with E-state index in [9.17, 15) is 15.0 Å². The van der Waals surface area contributed by atoms with Crippen molar-refractivity contribution in [2.75, 3.05) is 0 Å². The van der Waals surface area contributed by atoms with Crippen LogP contribution in [-0.2, 0) is 9.53 Å². The number of carbonyl (C=O) groups excluding carboxylic acids is 1. The minimum absolute atomic E-state index is 0.000162. The lowest BCUT2D eigenvalue weighted by Crippen LogP contribution is -2.54. The third-order valence-corrected chi connectivity index (χ3v) is 5.43. The molecule has 0 amide bonds. The van der Waals surface area contributed by atoms with Crippen molar-refractivity contribution in [3.05, 3.63) is 24.3 Å². The molecule has 2 saturated carbocycles. The Balaban J connectivity index is 1.95. The molecule has 0 spiro atoms. The number of aliphatic hydroxyl groups is 2. The van der Waals surface area contributed by atoms with Gasteiger partial charge in [-0.1, -0.05) is 20.1 Å². The molecule has 0 aromatic rings. The molecule has 0 aromatic carbocycles. The average Bonchev–Trinajstić information content (AvgIpc) is 2.61. The predicted octanol–water partition coefficient (Wildman–Crippen LogP) is 1.18. The number of fused-ring (bicyclic) bond motifs is 2. The van der Waals surface area contributed by atoms with E-state index in [1.165, 1.54) is 0 Å². The molecule has 3 rings (SSSR count). The fourth-order valence-corrected chi connectivity index (χ4v) is 4.06. The van der Waals surface area contributed by atoms with Gasteiger partial charge in [0.25, 0.3) is 0 Å². The summed E-state index contributed by atoms with van der Waals surface area (Å²) in [6.07, 6.45) is 0.179. The highest BCUT2D eigenvalue weighted by molar-refractivity contribution is 5.90. The number of hydrogen-bond acceptors (Lipinski definition) is 4. The van der Waals surface area contributed by atoms with Gasteiger partial charge in [-0.2, -0.15) is 0 Å². The van der Waals surface area contributed by atoms with Crippen LogP contribution in [0.15, 0.2) is 24.3 Å². The Kier molecular flexibility index (Phi) is 2.67. The summed E-state index contributed by atoms with van der Waals surface area (Å²) in [5.74, 6) is -0.309. The van der Waals surface area contributed by atoms with Crippen molar-refractivity contribution in [3.8, 4) is 0 Å². The van der Waals surface area contributed by atoms with Gasteiger partial charge in [0.05, 0.1) is 12.2 Å². The predicted molar refractivity (Wildman–Crippen MR) is 69.1 cm³/mol. The van der Waals surface area contributed by atoms with E-state index in [4.69, 9.17) is 4.74 Å². The molecule has 2 aliphatic carbocycles. The molecule has 0 unspecified atom stereocenters. The van der Waals surface area contributed by atoms with E-state index in [2.05, 4.69) is 13.2 Å². The van der Waals surface area contributed by atoms with Crippen LogP contribution in [0.1, 0.15) is 26.2 Å². The van der Waals surface area contributed by atoms with Gasteiger partial charge in [-0.05, 0) is 24.3 Å². The molecule has 0 radical (unpaired) electrons. The zero-order valence-electron chi connectivity index (χ0n) is 11.1. The number of esters is 1. The summed E-state index contributed by atoms with van der Waals surface area (Å²) in [4.78, 5) is 11.6. The van der Waals surface area contributed by atoms with E-state index in [0.29, 0.717) is 24.8 Å². The highest BCUT2D eigenvalue weighted by atomic mass is 16.6. The van der Waals surface area contributed by atoms with Gasteiger partial charge in [0, 0.05) is 23.3 Å². The van der Waals surface area contributed by atoms with Gasteiger partial charge in [-0.3, -0.25) is 0 Å². The second-order valence-corrected chi connectivity index (χ2v) is 6.42. The first-order valence-corrected chi connectivity index (χ1v) is 6.79. The molecule has 6 atom stereocenters. The van der Waals surface area contributed by atoms with Crippen LogP contribution in [0, 0.1) is 17.3 Å². The largest absolute Gasteiger partial charge is 0.458 e. The van der Waals surface area contributed by atoms with Gasteiger partial charge >= 0.3 is 5.97 Å². The number of aliphatic hydroxyl groups excluding tert-OH is 2. The standard InChI is InChI=1S/C15H20O4/c1-7-9-4-10-8(2)11(16)5-13(17)15(10,3)6-12(9)19-14(7)18/h9-13,16-17H,1-2,4-6H2,3H3/t9-,10-,11-,12+,13+,15-/m1/s1. The summed E-state index contributed by atoms with van der Waals surface area (Å²) < 4.78 is 5.36. The van der Waals surface area contributed by atoms with E-state index in [-0.39, 0.29) is 29.3 Å². The molecule has 2 N–H and O–H groups in total. The molecule has 0 bridgehead atoms. The Hall–Kier alpha value is -1.13. The summed E-state index contributed by atoms with van der Waals surface area (Å²) in [7, 11) is 0. The summed E-state index contributed by atoms with van der Waals surface area (Å²) in [6.45, 7) is 9.82. The first kappa shape index (κ1) is 12.9. The number of ether oxygens (including phenoxy) is 1. The molecule has 0 aromatic heterocycles. The lowest BCUT2D eigenvalue weighted by Gasteiger charge is -2.53. The number of rotatable bonds is 0. The molecular weight excluding hydrogens is 244 g/mol. The maximum atomic E-state index is 11.6. The Morgan fingerprint density at radius 2 is 2.00 bits per heavy atom. The molecule has 3 fully saturated rings. The fraction of sp³-hybridized carbons (Fsp3) is 0.667. The molecule has 3 aliphatic rings. The van der Waals surface area contributed by atoms with Crippen LogP contribution < -0.4 is 0 Å². The quantitative estimate of drug-likeness (QED) is 0.392. The average molecular weight is 264 g/mol. The third kappa shape index (κ3) is 1.63. The van der Waals surface area contributed by atoms with Crippen LogP contribution in [0.5, 0.6) is 0 Å². The van der Waals surface area contributed by atoms with Crippen molar-refractivity contribution >= 4 is 5.97 Å². The first-order chi connectivity index (χ1) is 8.84. The van der Waals surface area contributed by atoms with Crippen LogP contribution in [0.25, 0.3) is 0 Å². The smallest absolute Gasteiger partial charge is 0.334 e. The Bertz CT molecular complexity index is 469. The van der Waals surface area contributed by atoms with Crippen LogP contribution in [-0.4, -0.2) is 34.5 Å². The minimum atomic E-state index is -0.657.